The number of rotatable bonds is 2. The van der Waals surface area contributed by atoms with E-state index in [1.54, 1.807) is 0 Å². The Bertz CT molecular complexity index is 1070. The summed E-state index contributed by atoms with van der Waals surface area (Å²) >= 11 is 4.99. The highest BCUT2D eigenvalue weighted by Gasteiger charge is 2.33. The maximum Gasteiger partial charge on any atom is 0.417 e. The summed E-state index contributed by atoms with van der Waals surface area (Å²) in [4.78, 5) is 11.3. The van der Waals surface area contributed by atoms with E-state index in [0.29, 0.717) is 12.1 Å². The Morgan fingerprint density at radius 3 is 2.19 bits per heavy atom. The fourth-order valence-electron chi connectivity index (χ4n) is 2.39. The molecule has 140 valence electrons. The Balaban J connectivity index is 1.90. The predicted octanol–water partition coefficient (Wildman–Crippen LogP) is 4.90. The zero-order valence-electron chi connectivity index (χ0n) is 13.2. The van der Waals surface area contributed by atoms with Gasteiger partial charge in [0.1, 0.15) is 17.2 Å². The molecule has 0 aliphatic heterocycles. The number of thiocarbonyl (C=S) groups is 1. The molecule has 0 atom stereocenters. The van der Waals surface area contributed by atoms with Crippen LogP contribution in [0.4, 0.5) is 33.3 Å². The van der Waals surface area contributed by atoms with Crippen LogP contribution in [0.3, 0.4) is 0 Å². The molecule has 0 aliphatic rings. The van der Waals surface area contributed by atoms with Gasteiger partial charge < -0.3 is 15.1 Å². The molecular formula is C17H9F5N2O2S. The van der Waals surface area contributed by atoms with Gasteiger partial charge >= 0.3 is 11.8 Å². The summed E-state index contributed by atoms with van der Waals surface area (Å²) < 4.78 is 70.6. The van der Waals surface area contributed by atoms with Crippen LogP contribution in [0.1, 0.15) is 5.56 Å². The zero-order valence-corrected chi connectivity index (χ0v) is 14.0. The molecule has 3 aromatic rings. The van der Waals surface area contributed by atoms with Crippen LogP contribution in [0.25, 0.3) is 11.0 Å². The summed E-state index contributed by atoms with van der Waals surface area (Å²) in [7, 11) is 0. The Hall–Kier alpha value is -3.01. The lowest BCUT2D eigenvalue weighted by Crippen LogP contribution is -2.19. The van der Waals surface area contributed by atoms with Gasteiger partial charge in [0.05, 0.1) is 5.56 Å². The van der Waals surface area contributed by atoms with E-state index < -0.39 is 29.0 Å². The number of benzene rings is 2. The van der Waals surface area contributed by atoms with E-state index in [-0.39, 0.29) is 27.5 Å². The standard InChI is InChI=1S/C17H9F5N2O2S/c18-8-3-9(19)5-11(4-8)24-16(27)23-10-1-2-14-12(6-10)13(17(20,21)22)7-15(25)26-14/h1-7H,(H2,23,24,27). The van der Waals surface area contributed by atoms with E-state index in [1.807, 2.05) is 0 Å². The number of fused-ring (bicyclic) bond motifs is 1. The van der Waals surface area contributed by atoms with Gasteiger partial charge in [-0.25, -0.2) is 13.6 Å². The summed E-state index contributed by atoms with van der Waals surface area (Å²) in [6, 6.07) is 6.64. The average Bonchev–Trinajstić information content (AvgIpc) is 2.52. The summed E-state index contributed by atoms with van der Waals surface area (Å²) in [6.07, 6.45) is -4.76. The number of hydrogen-bond donors (Lipinski definition) is 2. The SMILES string of the molecule is O=c1cc(C(F)(F)F)c2cc(NC(=S)Nc3cc(F)cc(F)c3)ccc2o1. The number of halogens is 5. The van der Waals surface area contributed by atoms with E-state index in [9.17, 15) is 26.7 Å². The first-order chi connectivity index (χ1) is 12.6. The molecule has 0 spiro atoms. The van der Waals surface area contributed by atoms with Crippen LogP contribution in [-0.4, -0.2) is 5.11 Å². The largest absolute Gasteiger partial charge is 0.423 e. The van der Waals surface area contributed by atoms with Crippen molar-refractivity contribution in [1.29, 1.82) is 0 Å². The fraction of sp³-hybridized carbons (Fsp3) is 0.0588. The van der Waals surface area contributed by atoms with Gasteiger partial charge in [-0.05, 0) is 42.5 Å². The molecule has 0 bridgehead atoms. The van der Waals surface area contributed by atoms with Crippen molar-refractivity contribution < 1.29 is 26.4 Å². The summed E-state index contributed by atoms with van der Waals surface area (Å²) in [6.45, 7) is 0. The molecule has 0 aliphatic carbocycles. The lowest BCUT2D eigenvalue weighted by atomic mass is 10.1. The highest BCUT2D eigenvalue weighted by molar-refractivity contribution is 7.80. The van der Waals surface area contributed by atoms with Crippen molar-refractivity contribution in [2.75, 3.05) is 10.6 Å². The molecule has 3 rings (SSSR count). The molecule has 0 unspecified atom stereocenters. The number of anilines is 2. The van der Waals surface area contributed by atoms with Gasteiger partial charge in [-0.2, -0.15) is 13.2 Å². The number of hydrogen-bond acceptors (Lipinski definition) is 3. The molecule has 2 aromatic carbocycles. The van der Waals surface area contributed by atoms with Crippen molar-refractivity contribution in [3.8, 4) is 0 Å². The molecule has 2 N–H and O–H groups in total. The second-order valence-electron chi connectivity index (χ2n) is 5.43. The molecule has 4 nitrogen and oxygen atoms in total. The van der Waals surface area contributed by atoms with Crippen LogP contribution in [0.2, 0.25) is 0 Å². The van der Waals surface area contributed by atoms with Gasteiger partial charge in [0.15, 0.2) is 5.11 Å². The van der Waals surface area contributed by atoms with Crippen molar-refractivity contribution in [3.05, 3.63) is 70.1 Å². The normalized spacial score (nSPS) is 11.4. The highest BCUT2D eigenvalue weighted by Crippen LogP contribution is 2.34. The third-order valence-electron chi connectivity index (χ3n) is 3.43. The highest BCUT2D eigenvalue weighted by atomic mass is 32.1. The Kier molecular flexibility index (Phi) is 4.83. The van der Waals surface area contributed by atoms with Crippen LogP contribution in [0.15, 0.2) is 51.7 Å². The summed E-state index contributed by atoms with van der Waals surface area (Å²) in [5.74, 6) is -1.65. The smallest absolute Gasteiger partial charge is 0.417 e. The van der Waals surface area contributed by atoms with Crippen LogP contribution in [-0.2, 0) is 6.18 Å². The number of alkyl halides is 3. The first kappa shape index (κ1) is 18.8. The molecule has 0 saturated heterocycles. The van der Waals surface area contributed by atoms with E-state index in [4.69, 9.17) is 16.6 Å². The molecule has 0 radical (unpaired) electrons. The molecule has 1 aromatic heterocycles. The fourth-order valence-corrected chi connectivity index (χ4v) is 2.63. The molecule has 27 heavy (non-hydrogen) atoms. The van der Waals surface area contributed by atoms with E-state index >= 15 is 0 Å². The summed E-state index contributed by atoms with van der Waals surface area (Å²) in [5, 5.41) is 4.67. The van der Waals surface area contributed by atoms with Gasteiger partial charge in [0.25, 0.3) is 0 Å². The van der Waals surface area contributed by atoms with Gasteiger partial charge in [-0.3, -0.25) is 0 Å². The second kappa shape index (κ2) is 6.95. The van der Waals surface area contributed by atoms with Crippen LogP contribution in [0, 0.1) is 11.6 Å². The molecule has 0 saturated carbocycles. The zero-order chi connectivity index (χ0) is 19.8. The summed E-state index contributed by atoms with van der Waals surface area (Å²) in [5.41, 5.74) is -2.35. The molecule has 1 heterocycles. The maximum atomic E-state index is 13.2. The van der Waals surface area contributed by atoms with Gasteiger partial charge in [0, 0.05) is 28.9 Å². The quantitative estimate of drug-likeness (QED) is 0.364. The predicted molar refractivity (Wildman–Crippen MR) is 93.7 cm³/mol. The first-order valence-corrected chi connectivity index (χ1v) is 7.72. The minimum Gasteiger partial charge on any atom is -0.423 e. The molecular weight excluding hydrogens is 391 g/mol. The van der Waals surface area contributed by atoms with Gasteiger partial charge in [0.2, 0.25) is 0 Å². The van der Waals surface area contributed by atoms with E-state index in [2.05, 4.69) is 10.6 Å². The van der Waals surface area contributed by atoms with Crippen molar-refractivity contribution >= 4 is 39.7 Å². The lowest BCUT2D eigenvalue weighted by Gasteiger charge is -2.13. The Morgan fingerprint density at radius 1 is 0.926 bits per heavy atom. The van der Waals surface area contributed by atoms with E-state index in [1.165, 1.54) is 12.1 Å². The Morgan fingerprint density at radius 2 is 1.56 bits per heavy atom. The van der Waals surface area contributed by atoms with E-state index in [0.717, 1.165) is 18.2 Å². The monoisotopic (exact) mass is 400 g/mol. The third kappa shape index (κ3) is 4.40. The topological polar surface area (TPSA) is 54.3 Å². The first-order valence-electron chi connectivity index (χ1n) is 7.31. The van der Waals surface area contributed by atoms with Crippen molar-refractivity contribution in [2.45, 2.75) is 6.18 Å². The molecule has 0 amide bonds. The van der Waals surface area contributed by atoms with Gasteiger partial charge in [-0.1, -0.05) is 0 Å². The average molecular weight is 400 g/mol. The molecule has 10 heteroatoms. The minimum atomic E-state index is -4.76. The second-order valence-corrected chi connectivity index (χ2v) is 5.83. The lowest BCUT2D eigenvalue weighted by molar-refractivity contribution is -0.136. The third-order valence-corrected chi connectivity index (χ3v) is 3.63. The molecule has 0 fully saturated rings. The van der Waals surface area contributed by atoms with Crippen molar-refractivity contribution in [2.24, 2.45) is 0 Å². The maximum absolute atomic E-state index is 13.2. The van der Waals surface area contributed by atoms with Crippen molar-refractivity contribution in [3.63, 3.8) is 0 Å². The van der Waals surface area contributed by atoms with Crippen molar-refractivity contribution in [1.82, 2.24) is 0 Å². The van der Waals surface area contributed by atoms with Crippen LogP contribution >= 0.6 is 12.2 Å². The van der Waals surface area contributed by atoms with Gasteiger partial charge in [-0.15, -0.1) is 0 Å². The Labute approximate surface area is 153 Å². The van der Waals surface area contributed by atoms with Crippen LogP contribution < -0.4 is 16.3 Å². The number of nitrogens with one attached hydrogen (secondary N) is 2. The minimum absolute atomic E-state index is 0.0211. The van der Waals surface area contributed by atoms with Crippen LogP contribution in [0.5, 0.6) is 0 Å².